The molecule has 1 fully saturated rings. The predicted octanol–water partition coefficient (Wildman–Crippen LogP) is 3.30. The maximum absolute atomic E-state index is 12.0. The van der Waals surface area contributed by atoms with Gasteiger partial charge in [0, 0.05) is 22.6 Å². The van der Waals surface area contributed by atoms with Gasteiger partial charge in [-0.1, -0.05) is 15.9 Å². The summed E-state index contributed by atoms with van der Waals surface area (Å²) in [6.45, 7) is 7.58. The average molecular weight is 339 g/mol. The molecule has 1 aliphatic heterocycles. The SMILES string of the molecule is CC(C)N1CCC(CNC(=O)c2ccc(Br)cc2)CC1. The van der Waals surface area contributed by atoms with E-state index in [1.807, 2.05) is 24.3 Å². The number of nitrogens with zero attached hydrogens (tertiary/aromatic N) is 1. The summed E-state index contributed by atoms with van der Waals surface area (Å²) in [5.41, 5.74) is 0.729. The van der Waals surface area contributed by atoms with E-state index < -0.39 is 0 Å². The number of nitrogens with one attached hydrogen (secondary N) is 1. The lowest BCUT2D eigenvalue weighted by Gasteiger charge is -2.34. The van der Waals surface area contributed by atoms with Gasteiger partial charge in [-0.3, -0.25) is 4.79 Å². The van der Waals surface area contributed by atoms with Gasteiger partial charge in [-0.05, 0) is 70.0 Å². The minimum absolute atomic E-state index is 0.0313. The van der Waals surface area contributed by atoms with Gasteiger partial charge in [-0.25, -0.2) is 0 Å². The second-order valence-electron chi connectivity index (χ2n) is 5.79. The van der Waals surface area contributed by atoms with Crippen LogP contribution in [-0.4, -0.2) is 36.5 Å². The summed E-state index contributed by atoms with van der Waals surface area (Å²) in [5.74, 6) is 0.646. The van der Waals surface area contributed by atoms with Crippen LogP contribution in [0.2, 0.25) is 0 Å². The largest absolute Gasteiger partial charge is 0.352 e. The summed E-state index contributed by atoms with van der Waals surface area (Å²) >= 11 is 3.38. The second-order valence-corrected chi connectivity index (χ2v) is 6.71. The van der Waals surface area contributed by atoms with Crippen LogP contribution in [0.3, 0.4) is 0 Å². The molecular weight excluding hydrogens is 316 g/mol. The molecule has 2 rings (SSSR count). The van der Waals surface area contributed by atoms with Crippen molar-refractivity contribution in [3.8, 4) is 0 Å². The van der Waals surface area contributed by atoms with E-state index in [1.54, 1.807) is 0 Å². The normalized spacial score (nSPS) is 17.4. The number of rotatable bonds is 4. The first-order valence-electron chi connectivity index (χ1n) is 7.34. The molecule has 0 radical (unpaired) electrons. The molecule has 0 atom stereocenters. The van der Waals surface area contributed by atoms with Crippen molar-refractivity contribution in [3.05, 3.63) is 34.3 Å². The molecule has 110 valence electrons. The van der Waals surface area contributed by atoms with Crippen LogP contribution in [0.1, 0.15) is 37.0 Å². The van der Waals surface area contributed by atoms with Crippen LogP contribution in [0.4, 0.5) is 0 Å². The van der Waals surface area contributed by atoms with Crippen molar-refractivity contribution >= 4 is 21.8 Å². The summed E-state index contributed by atoms with van der Waals surface area (Å²) < 4.78 is 0.995. The Morgan fingerprint density at radius 3 is 2.45 bits per heavy atom. The lowest BCUT2D eigenvalue weighted by molar-refractivity contribution is 0.0929. The molecule has 1 N–H and O–H groups in total. The van der Waals surface area contributed by atoms with Gasteiger partial charge in [0.25, 0.3) is 5.91 Å². The monoisotopic (exact) mass is 338 g/mol. The van der Waals surface area contributed by atoms with Crippen molar-refractivity contribution in [1.82, 2.24) is 10.2 Å². The van der Waals surface area contributed by atoms with Crippen LogP contribution >= 0.6 is 15.9 Å². The fraction of sp³-hybridized carbons (Fsp3) is 0.562. The van der Waals surface area contributed by atoms with E-state index in [0.717, 1.165) is 29.7 Å². The molecule has 1 aromatic carbocycles. The Balaban J connectivity index is 1.76. The Kier molecular flexibility index (Phi) is 5.61. The lowest BCUT2D eigenvalue weighted by atomic mass is 9.96. The number of hydrogen-bond donors (Lipinski definition) is 1. The van der Waals surface area contributed by atoms with Gasteiger partial charge >= 0.3 is 0 Å². The molecule has 4 heteroatoms. The molecule has 0 spiro atoms. The van der Waals surface area contributed by atoms with Gasteiger partial charge in [-0.15, -0.1) is 0 Å². The van der Waals surface area contributed by atoms with Crippen molar-refractivity contribution < 1.29 is 4.79 Å². The fourth-order valence-electron chi connectivity index (χ4n) is 2.61. The van der Waals surface area contributed by atoms with E-state index in [1.165, 1.54) is 12.8 Å². The number of hydrogen-bond acceptors (Lipinski definition) is 2. The van der Waals surface area contributed by atoms with E-state index >= 15 is 0 Å². The topological polar surface area (TPSA) is 32.3 Å². The van der Waals surface area contributed by atoms with E-state index in [9.17, 15) is 4.79 Å². The van der Waals surface area contributed by atoms with Crippen LogP contribution < -0.4 is 5.32 Å². The number of amides is 1. The molecule has 1 heterocycles. The van der Waals surface area contributed by atoms with E-state index in [-0.39, 0.29) is 5.91 Å². The first-order valence-corrected chi connectivity index (χ1v) is 8.13. The van der Waals surface area contributed by atoms with Gasteiger partial charge in [0.2, 0.25) is 0 Å². The van der Waals surface area contributed by atoms with Gasteiger partial charge in [0.1, 0.15) is 0 Å². The van der Waals surface area contributed by atoms with Gasteiger partial charge in [0.15, 0.2) is 0 Å². The van der Waals surface area contributed by atoms with E-state index in [4.69, 9.17) is 0 Å². The third-order valence-electron chi connectivity index (χ3n) is 4.04. The number of likely N-dealkylation sites (tertiary alicyclic amines) is 1. The zero-order chi connectivity index (χ0) is 14.5. The van der Waals surface area contributed by atoms with Gasteiger partial charge in [0.05, 0.1) is 0 Å². The zero-order valence-electron chi connectivity index (χ0n) is 12.2. The Bertz CT molecular complexity index is 436. The Labute approximate surface area is 129 Å². The average Bonchev–Trinajstić information content (AvgIpc) is 2.46. The number of carbonyl (C=O) groups excluding carboxylic acids is 1. The van der Waals surface area contributed by atoms with Gasteiger partial charge in [-0.2, -0.15) is 0 Å². The Morgan fingerprint density at radius 2 is 1.90 bits per heavy atom. The van der Waals surface area contributed by atoms with Crippen molar-refractivity contribution in [2.45, 2.75) is 32.7 Å². The molecule has 0 bridgehead atoms. The molecule has 0 unspecified atom stereocenters. The molecule has 1 aliphatic rings. The maximum Gasteiger partial charge on any atom is 0.251 e. The molecule has 3 nitrogen and oxygen atoms in total. The number of halogens is 1. The van der Waals surface area contributed by atoms with Crippen LogP contribution in [0.15, 0.2) is 28.7 Å². The summed E-state index contributed by atoms with van der Waals surface area (Å²) in [6, 6.07) is 8.13. The Hall–Kier alpha value is -0.870. The molecule has 1 amide bonds. The van der Waals surface area contributed by atoms with Crippen LogP contribution in [-0.2, 0) is 0 Å². The quantitative estimate of drug-likeness (QED) is 0.913. The summed E-state index contributed by atoms with van der Waals surface area (Å²) in [6.07, 6.45) is 2.36. The molecule has 0 aromatic heterocycles. The first kappa shape index (κ1) is 15.5. The Morgan fingerprint density at radius 1 is 1.30 bits per heavy atom. The third-order valence-corrected chi connectivity index (χ3v) is 4.57. The predicted molar refractivity (Wildman–Crippen MR) is 85.9 cm³/mol. The van der Waals surface area contributed by atoms with Crippen molar-refractivity contribution in [1.29, 1.82) is 0 Å². The van der Waals surface area contributed by atoms with Crippen LogP contribution in [0.5, 0.6) is 0 Å². The summed E-state index contributed by atoms with van der Waals surface area (Å²) in [5, 5.41) is 3.06. The summed E-state index contributed by atoms with van der Waals surface area (Å²) in [7, 11) is 0. The molecular formula is C16H23BrN2O. The summed E-state index contributed by atoms with van der Waals surface area (Å²) in [4.78, 5) is 14.5. The smallest absolute Gasteiger partial charge is 0.251 e. The highest BCUT2D eigenvalue weighted by molar-refractivity contribution is 9.10. The molecule has 0 aliphatic carbocycles. The lowest BCUT2D eigenvalue weighted by Crippen LogP contribution is -2.41. The standard InChI is InChI=1S/C16H23BrN2O/c1-12(2)19-9-7-13(8-10-19)11-18-16(20)14-3-5-15(17)6-4-14/h3-6,12-13H,7-11H2,1-2H3,(H,18,20). The fourth-order valence-corrected chi connectivity index (χ4v) is 2.88. The van der Waals surface area contributed by atoms with Gasteiger partial charge < -0.3 is 10.2 Å². The highest BCUT2D eigenvalue weighted by atomic mass is 79.9. The highest BCUT2D eigenvalue weighted by Crippen LogP contribution is 2.18. The molecule has 1 aromatic rings. The minimum atomic E-state index is 0.0313. The number of carbonyl (C=O) groups is 1. The highest BCUT2D eigenvalue weighted by Gasteiger charge is 2.21. The van der Waals surface area contributed by atoms with Crippen molar-refractivity contribution in [2.24, 2.45) is 5.92 Å². The maximum atomic E-state index is 12.0. The molecule has 1 saturated heterocycles. The number of benzene rings is 1. The third kappa shape index (κ3) is 4.32. The second kappa shape index (κ2) is 7.23. The van der Waals surface area contributed by atoms with E-state index in [2.05, 4.69) is 40.0 Å². The zero-order valence-corrected chi connectivity index (χ0v) is 13.8. The first-order chi connectivity index (χ1) is 9.56. The van der Waals surface area contributed by atoms with Crippen LogP contribution in [0.25, 0.3) is 0 Å². The van der Waals surface area contributed by atoms with Crippen molar-refractivity contribution in [3.63, 3.8) is 0 Å². The van der Waals surface area contributed by atoms with Crippen LogP contribution in [0, 0.1) is 5.92 Å². The molecule has 0 saturated carbocycles. The van der Waals surface area contributed by atoms with Crippen molar-refractivity contribution in [2.75, 3.05) is 19.6 Å². The van der Waals surface area contributed by atoms with E-state index in [0.29, 0.717) is 12.0 Å². The molecule has 20 heavy (non-hydrogen) atoms. The number of piperidine rings is 1. The minimum Gasteiger partial charge on any atom is -0.352 e.